The number of hydrogen-bond acceptors (Lipinski definition) is 3. The number of benzene rings is 2. The second-order valence-corrected chi connectivity index (χ2v) is 7.61. The average Bonchev–Trinajstić information content (AvgIpc) is 2.61. The summed E-state index contributed by atoms with van der Waals surface area (Å²) in [7, 11) is 0. The van der Waals surface area contributed by atoms with Crippen molar-refractivity contribution in [1.82, 2.24) is 0 Å². The van der Waals surface area contributed by atoms with E-state index in [1.165, 1.54) is 12.1 Å². The fourth-order valence-electron chi connectivity index (χ4n) is 3.83. The van der Waals surface area contributed by atoms with Gasteiger partial charge in [-0.05, 0) is 67.6 Å². The molecular formula is C22H22F3NO3. The van der Waals surface area contributed by atoms with Gasteiger partial charge in [-0.15, -0.1) is 13.2 Å². The highest BCUT2D eigenvalue weighted by atomic mass is 19.4. The van der Waals surface area contributed by atoms with Gasteiger partial charge in [0.05, 0.1) is 0 Å². The summed E-state index contributed by atoms with van der Waals surface area (Å²) >= 11 is 0. The first-order valence-electron chi connectivity index (χ1n) is 9.33. The van der Waals surface area contributed by atoms with E-state index in [1.807, 2.05) is 26.8 Å². The van der Waals surface area contributed by atoms with Crippen LogP contribution in [0.2, 0.25) is 0 Å². The molecule has 1 unspecified atom stereocenters. The van der Waals surface area contributed by atoms with Crippen LogP contribution in [0.3, 0.4) is 0 Å². The first-order valence-corrected chi connectivity index (χ1v) is 9.33. The third-order valence-corrected chi connectivity index (χ3v) is 5.09. The molecule has 0 aromatic heterocycles. The van der Waals surface area contributed by atoms with Gasteiger partial charge in [0, 0.05) is 29.3 Å². The maximum atomic E-state index is 12.9. The van der Waals surface area contributed by atoms with Crippen LogP contribution >= 0.6 is 0 Å². The van der Waals surface area contributed by atoms with Crippen LogP contribution in [-0.2, 0) is 4.79 Å². The number of hydrogen-bond donors (Lipinski definition) is 0. The number of ether oxygens (including phenoxy) is 1. The van der Waals surface area contributed by atoms with E-state index >= 15 is 0 Å². The lowest BCUT2D eigenvalue weighted by Crippen LogP contribution is -2.41. The largest absolute Gasteiger partial charge is 0.573 e. The van der Waals surface area contributed by atoms with Crippen molar-refractivity contribution in [3.63, 3.8) is 0 Å². The highest BCUT2D eigenvalue weighted by Crippen LogP contribution is 2.43. The fraction of sp³-hybridized carbons (Fsp3) is 0.364. The van der Waals surface area contributed by atoms with Crippen LogP contribution in [0.5, 0.6) is 5.75 Å². The molecule has 4 nitrogen and oxygen atoms in total. The summed E-state index contributed by atoms with van der Waals surface area (Å²) in [5.74, 6) is -0.409. The number of carbonyl (C=O) groups excluding carboxylic acids is 2. The van der Waals surface area contributed by atoms with Gasteiger partial charge in [0.15, 0.2) is 0 Å². The minimum Gasteiger partial charge on any atom is -0.405 e. The monoisotopic (exact) mass is 405 g/mol. The third kappa shape index (κ3) is 4.13. The van der Waals surface area contributed by atoms with E-state index in [1.54, 1.807) is 17.9 Å². The molecule has 1 atom stereocenters. The normalized spacial score (nSPS) is 16.8. The molecule has 0 saturated carbocycles. The third-order valence-electron chi connectivity index (χ3n) is 5.09. The van der Waals surface area contributed by atoms with E-state index in [0.29, 0.717) is 24.0 Å². The van der Waals surface area contributed by atoms with Gasteiger partial charge in [0.2, 0.25) is 5.91 Å². The Balaban J connectivity index is 2.25. The van der Waals surface area contributed by atoms with E-state index in [4.69, 9.17) is 0 Å². The van der Waals surface area contributed by atoms with Gasteiger partial charge in [0.1, 0.15) is 12.0 Å². The van der Waals surface area contributed by atoms with Crippen molar-refractivity contribution in [2.45, 2.75) is 52.4 Å². The number of rotatable bonds is 4. The number of halogens is 3. The summed E-state index contributed by atoms with van der Waals surface area (Å²) in [6.07, 6.45) is -3.92. The number of amides is 1. The molecule has 7 heteroatoms. The van der Waals surface area contributed by atoms with Crippen LogP contribution in [0.1, 0.15) is 54.6 Å². The van der Waals surface area contributed by atoms with Crippen LogP contribution in [0.15, 0.2) is 30.3 Å². The summed E-state index contributed by atoms with van der Waals surface area (Å²) in [4.78, 5) is 25.5. The summed E-state index contributed by atoms with van der Waals surface area (Å²) < 4.78 is 43.0. The summed E-state index contributed by atoms with van der Waals surface area (Å²) in [6.45, 7) is 7.53. The molecule has 0 N–H and O–H groups in total. The van der Waals surface area contributed by atoms with E-state index in [9.17, 15) is 22.8 Å². The molecule has 0 fully saturated rings. The Bertz CT molecular complexity index is 967. The van der Waals surface area contributed by atoms with Crippen LogP contribution in [-0.4, -0.2) is 24.6 Å². The van der Waals surface area contributed by atoms with Crippen molar-refractivity contribution in [1.29, 1.82) is 0 Å². The number of aldehydes is 1. The molecule has 154 valence electrons. The number of anilines is 1. The molecule has 0 saturated heterocycles. The lowest BCUT2D eigenvalue weighted by atomic mass is 9.86. The van der Waals surface area contributed by atoms with Gasteiger partial charge in [0.25, 0.3) is 0 Å². The molecule has 2 aromatic carbocycles. The van der Waals surface area contributed by atoms with Gasteiger partial charge in [-0.1, -0.05) is 13.0 Å². The molecule has 1 aliphatic rings. The molecular weight excluding hydrogens is 383 g/mol. The maximum absolute atomic E-state index is 12.9. The Kier molecular flexibility index (Phi) is 5.43. The number of aryl methyl sites for hydroxylation is 1. The Morgan fingerprint density at radius 3 is 2.45 bits per heavy atom. The van der Waals surface area contributed by atoms with Gasteiger partial charge in [-0.25, -0.2) is 0 Å². The van der Waals surface area contributed by atoms with Crippen molar-refractivity contribution in [2.75, 3.05) is 4.90 Å². The van der Waals surface area contributed by atoms with Crippen molar-refractivity contribution in [3.05, 3.63) is 47.0 Å². The number of fused-ring (bicyclic) bond motifs is 1. The lowest BCUT2D eigenvalue weighted by molar-refractivity contribution is -0.274. The predicted molar refractivity (Wildman–Crippen MR) is 104 cm³/mol. The van der Waals surface area contributed by atoms with E-state index in [2.05, 4.69) is 4.74 Å². The van der Waals surface area contributed by atoms with Crippen molar-refractivity contribution in [2.24, 2.45) is 0 Å². The molecule has 3 rings (SSSR count). The number of carbonyl (C=O) groups is 2. The highest BCUT2D eigenvalue weighted by Gasteiger charge is 2.34. The van der Waals surface area contributed by atoms with Gasteiger partial charge >= 0.3 is 6.36 Å². The average molecular weight is 405 g/mol. The van der Waals surface area contributed by atoms with E-state index < -0.39 is 12.1 Å². The quantitative estimate of drug-likeness (QED) is 0.620. The SMILES string of the molecule is Cc1cc2c(cc1-c1cc(C=O)ccc1OC(F)(F)F)N(C(C)C)C(=O)CC2C. The summed E-state index contributed by atoms with van der Waals surface area (Å²) in [6, 6.07) is 7.32. The van der Waals surface area contributed by atoms with E-state index in [-0.39, 0.29) is 29.0 Å². The van der Waals surface area contributed by atoms with Gasteiger partial charge in [-0.3, -0.25) is 9.59 Å². The second-order valence-electron chi connectivity index (χ2n) is 7.61. The highest BCUT2D eigenvalue weighted by molar-refractivity contribution is 5.99. The number of nitrogens with zero attached hydrogens (tertiary/aromatic N) is 1. The fourth-order valence-corrected chi connectivity index (χ4v) is 3.83. The summed E-state index contributed by atoms with van der Waals surface area (Å²) in [5.41, 5.74) is 3.27. The first kappa shape index (κ1) is 20.9. The zero-order valence-corrected chi connectivity index (χ0v) is 16.6. The van der Waals surface area contributed by atoms with Gasteiger partial charge in [-0.2, -0.15) is 0 Å². The molecule has 1 aliphatic heterocycles. The lowest BCUT2D eigenvalue weighted by Gasteiger charge is -2.36. The van der Waals surface area contributed by atoms with Gasteiger partial charge < -0.3 is 9.64 Å². The molecule has 1 amide bonds. The van der Waals surface area contributed by atoms with Crippen molar-refractivity contribution >= 4 is 17.9 Å². The van der Waals surface area contributed by atoms with E-state index in [0.717, 1.165) is 17.2 Å². The molecule has 29 heavy (non-hydrogen) atoms. The minimum absolute atomic E-state index is 0.00690. The molecule has 0 aliphatic carbocycles. The maximum Gasteiger partial charge on any atom is 0.573 e. The zero-order chi connectivity index (χ0) is 21.5. The molecule has 1 heterocycles. The van der Waals surface area contributed by atoms with Crippen molar-refractivity contribution < 1.29 is 27.5 Å². The first-order chi connectivity index (χ1) is 13.5. The Morgan fingerprint density at radius 1 is 1.17 bits per heavy atom. The number of alkyl halides is 3. The smallest absolute Gasteiger partial charge is 0.405 e. The molecule has 0 spiro atoms. The zero-order valence-electron chi connectivity index (χ0n) is 16.6. The Hall–Kier alpha value is -2.83. The minimum atomic E-state index is -4.87. The predicted octanol–water partition coefficient (Wildman–Crippen LogP) is 5.62. The standard InChI is InChI=1S/C22H22F3NO3/c1-12(2)26-19-10-16(13(3)7-17(19)14(4)8-21(26)28)18-9-15(11-27)5-6-20(18)29-22(23,24)25/h5-7,9-12,14H,8H2,1-4H3. The van der Waals surface area contributed by atoms with Crippen LogP contribution in [0, 0.1) is 6.92 Å². The Labute approximate surface area is 167 Å². The molecule has 0 radical (unpaired) electrons. The van der Waals surface area contributed by atoms with Crippen molar-refractivity contribution in [3.8, 4) is 16.9 Å². The molecule has 2 aromatic rings. The van der Waals surface area contributed by atoms with Crippen LogP contribution < -0.4 is 9.64 Å². The Morgan fingerprint density at radius 2 is 1.86 bits per heavy atom. The van der Waals surface area contributed by atoms with Crippen LogP contribution in [0.25, 0.3) is 11.1 Å². The second kappa shape index (κ2) is 7.54. The summed E-state index contributed by atoms with van der Waals surface area (Å²) in [5, 5.41) is 0. The topological polar surface area (TPSA) is 46.6 Å². The van der Waals surface area contributed by atoms with Crippen LogP contribution in [0.4, 0.5) is 18.9 Å². The molecule has 0 bridgehead atoms.